The number of hydrogen-bond donors (Lipinski definition) is 2. The van der Waals surface area contributed by atoms with E-state index >= 15 is 0 Å². The van der Waals surface area contributed by atoms with E-state index in [2.05, 4.69) is 23.3 Å². The van der Waals surface area contributed by atoms with Crippen molar-refractivity contribution in [3.05, 3.63) is 29.8 Å². The molecule has 1 saturated heterocycles. The van der Waals surface area contributed by atoms with E-state index in [1.807, 2.05) is 18.2 Å². The minimum Gasteiger partial charge on any atom is -0.493 e. The molecule has 3 rings (SSSR count). The number of nitrogens with one attached hydrogen (secondary N) is 1. The number of nitrogens with zero attached hydrogens (tertiary/aromatic N) is 1. The van der Waals surface area contributed by atoms with Gasteiger partial charge >= 0.3 is 0 Å². The Labute approximate surface area is 155 Å². The Kier molecular flexibility index (Phi) is 6.95. The number of rotatable bonds is 3. The number of halogens is 1. The molecule has 5 nitrogen and oxygen atoms in total. The second-order valence-corrected chi connectivity index (χ2v) is 6.17. The maximum Gasteiger partial charge on any atom is 0.189 e. The average molecular weight is 431 g/mol. The lowest BCUT2D eigenvalue weighted by molar-refractivity contribution is 0.00480. The van der Waals surface area contributed by atoms with Gasteiger partial charge in [-0.1, -0.05) is 18.2 Å². The monoisotopic (exact) mass is 431 g/mol. The predicted molar refractivity (Wildman–Crippen MR) is 102 cm³/mol. The highest BCUT2D eigenvalue weighted by Crippen LogP contribution is 2.31. The Hall–Kier alpha value is -1.02. The molecule has 2 aliphatic rings. The van der Waals surface area contributed by atoms with Gasteiger partial charge in [0.25, 0.3) is 0 Å². The van der Waals surface area contributed by atoms with Gasteiger partial charge in [-0.25, -0.2) is 0 Å². The molecular weight excluding hydrogens is 405 g/mol. The highest BCUT2D eigenvalue weighted by molar-refractivity contribution is 14.0. The Morgan fingerprint density at radius 1 is 1.30 bits per heavy atom. The molecule has 23 heavy (non-hydrogen) atoms. The molecule has 0 radical (unpaired) electrons. The van der Waals surface area contributed by atoms with E-state index in [1.165, 1.54) is 0 Å². The van der Waals surface area contributed by atoms with Crippen LogP contribution in [0.15, 0.2) is 29.3 Å². The zero-order valence-electron chi connectivity index (χ0n) is 13.5. The summed E-state index contributed by atoms with van der Waals surface area (Å²) >= 11 is 0. The molecule has 0 bridgehead atoms. The number of fused-ring (bicyclic) bond motifs is 1. The van der Waals surface area contributed by atoms with Crippen LogP contribution in [0.2, 0.25) is 0 Å². The molecule has 0 aliphatic carbocycles. The predicted octanol–water partition coefficient (Wildman–Crippen LogP) is 2.85. The molecule has 2 heterocycles. The number of aliphatic imine (C=N–C) groups is 1. The Morgan fingerprint density at radius 2 is 2.13 bits per heavy atom. The van der Waals surface area contributed by atoms with E-state index < -0.39 is 0 Å². The van der Waals surface area contributed by atoms with Crippen molar-refractivity contribution < 1.29 is 9.47 Å². The number of guanidine groups is 1. The van der Waals surface area contributed by atoms with Crippen LogP contribution in [0.1, 0.15) is 37.8 Å². The third-order valence-corrected chi connectivity index (χ3v) is 4.39. The summed E-state index contributed by atoms with van der Waals surface area (Å²) < 4.78 is 11.2. The van der Waals surface area contributed by atoms with Crippen LogP contribution in [0.3, 0.4) is 0 Å². The summed E-state index contributed by atoms with van der Waals surface area (Å²) in [7, 11) is 0. The molecule has 128 valence electrons. The van der Waals surface area contributed by atoms with Crippen LogP contribution in [-0.2, 0) is 4.74 Å². The van der Waals surface area contributed by atoms with Crippen molar-refractivity contribution in [2.45, 2.75) is 38.3 Å². The van der Waals surface area contributed by atoms with Crippen LogP contribution in [0.5, 0.6) is 5.75 Å². The van der Waals surface area contributed by atoms with Crippen molar-refractivity contribution >= 4 is 29.9 Å². The molecule has 6 heteroatoms. The van der Waals surface area contributed by atoms with Gasteiger partial charge < -0.3 is 20.5 Å². The summed E-state index contributed by atoms with van der Waals surface area (Å²) in [6.45, 7) is 4.44. The fourth-order valence-electron chi connectivity index (χ4n) is 3.20. The maximum absolute atomic E-state index is 6.08. The molecule has 3 unspecified atom stereocenters. The van der Waals surface area contributed by atoms with E-state index in [0.29, 0.717) is 24.6 Å². The molecule has 2 aliphatic heterocycles. The summed E-state index contributed by atoms with van der Waals surface area (Å²) in [6, 6.07) is 8.28. The van der Waals surface area contributed by atoms with Gasteiger partial charge in [0.2, 0.25) is 0 Å². The van der Waals surface area contributed by atoms with Gasteiger partial charge in [0, 0.05) is 25.1 Å². The molecule has 0 amide bonds. The fraction of sp³-hybridized carbons (Fsp3) is 0.588. The van der Waals surface area contributed by atoms with Gasteiger partial charge in [-0.15, -0.1) is 24.0 Å². The number of ether oxygens (including phenoxy) is 2. The molecule has 1 aromatic rings. The quantitative estimate of drug-likeness (QED) is 0.439. The first-order chi connectivity index (χ1) is 10.7. The largest absolute Gasteiger partial charge is 0.493 e. The van der Waals surface area contributed by atoms with Crippen LogP contribution in [0.4, 0.5) is 0 Å². The number of hydrogen-bond acceptors (Lipinski definition) is 3. The fourth-order valence-corrected chi connectivity index (χ4v) is 3.20. The lowest BCUT2D eigenvalue weighted by Crippen LogP contribution is -2.38. The van der Waals surface area contributed by atoms with Crippen molar-refractivity contribution in [2.75, 3.05) is 19.8 Å². The summed E-state index contributed by atoms with van der Waals surface area (Å²) in [4.78, 5) is 4.54. The van der Waals surface area contributed by atoms with Crippen molar-refractivity contribution in [2.24, 2.45) is 16.6 Å². The summed E-state index contributed by atoms with van der Waals surface area (Å²) in [5.41, 5.74) is 7.24. The summed E-state index contributed by atoms with van der Waals surface area (Å²) in [5, 5.41) is 3.34. The number of benzene rings is 1. The Balaban J connectivity index is 0.00000192. The van der Waals surface area contributed by atoms with Crippen molar-refractivity contribution in [3.63, 3.8) is 0 Å². The standard InChI is InChI=1S/C17H25N3O2.HI/c1-12-10-13(6-8-21-12)11-19-17(18)20-15-7-9-22-16-5-3-2-4-14(15)16;/h2-5,12-13,15H,6-11H2,1H3,(H3,18,19,20);1H. The van der Waals surface area contributed by atoms with Crippen LogP contribution >= 0.6 is 24.0 Å². The molecule has 3 N–H and O–H groups in total. The van der Waals surface area contributed by atoms with Crippen molar-refractivity contribution in [1.82, 2.24) is 5.32 Å². The number of para-hydroxylation sites is 1. The molecule has 3 atom stereocenters. The highest BCUT2D eigenvalue weighted by atomic mass is 127. The molecule has 0 saturated carbocycles. The minimum atomic E-state index is 0. The lowest BCUT2D eigenvalue weighted by Gasteiger charge is -2.28. The van der Waals surface area contributed by atoms with E-state index in [0.717, 1.165) is 43.7 Å². The minimum absolute atomic E-state index is 0. The smallest absolute Gasteiger partial charge is 0.189 e. The van der Waals surface area contributed by atoms with Gasteiger partial charge in [-0.3, -0.25) is 4.99 Å². The van der Waals surface area contributed by atoms with Gasteiger partial charge in [0.15, 0.2) is 5.96 Å². The third-order valence-electron chi connectivity index (χ3n) is 4.39. The number of nitrogens with two attached hydrogens (primary N) is 1. The SMILES string of the molecule is CC1CC(CN=C(N)NC2CCOc3ccccc32)CCO1.I. The average Bonchev–Trinajstić information content (AvgIpc) is 2.53. The third kappa shape index (κ3) is 4.97. The van der Waals surface area contributed by atoms with Crippen LogP contribution < -0.4 is 15.8 Å². The molecule has 1 aromatic carbocycles. The molecular formula is C17H26IN3O2. The van der Waals surface area contributed by atoms with Crippen LogP contribution in [0.25, 0.3) is 0 Å². The van der Waals surface area contributed by atoms with Crippen molar-refractivity contribution in [1.29, 1.82) is 0 Å². The molecule has 0 aromatic heterocycles. The molecule has 1 fully saturated rings. The van der Waals surface area contributed by atoms with Crippen LogP contribution in [0, 0.1) is 5.92 Å². The Morgan fingerprint density at radius 3 is 2.96 bits per heavy atom. The molecule has 0 spiro atoms. The van der Waals surface area contributed by atoms with E-state index in [1.54, 1.807) is 0 Å². The topological polar surface area (TPSA) is 68.9 Å². The first-order valence-corrected chi connectivity index (χ1v) is 8.12. The first-order valence-electron chi connectivity index (χ1n) is 8.12. The maximum atomic E-state index is 6.08. The van der Waals surface area contributed by atoms with Crippen molar-refractivity contribution in [3.8, 4) is 5.75 Å². The highest BCUT2D eigenvalue weighted by Gasteiger charge is 2.22. The second kappa shape index (κ2) is 8.73. The Bertz CT molecular complexity index is 538. The van der Waals surface area contributed by atoms with Crippen LogP contribution in [-0.4, -0.2) is 31.8 Å². The van der Waals surface area contributed by atoms with Gasteiger partial charge in [0.05, 0.1) is 18.8 Å². The normalized spacial score (nSPS) is 27.3. The first kappa shape index (κ1) is 18.3. The van der Waals surface area contributed by atoms with E-state index in [4.69, 9.17) is 15.2 Å². The van der Waals surface area contributed by atoms with Gasteiger partial charge in [0.1, 0.15) is 5.75 Å². The summed E-state index contributed by atoms with van der Waals surface area (Å²) in [6.07, 6.45) is 3.38. The lowest BCUT2D eigenvalue weighted by atomic mass is 9.96. The van der Waals surface area contributed by atoms with Gasteiger partial charge in [-0.2, -0.15) is 0 Å². The van der Waals surface area contributed by atoms with E-state index in [-0.39, 0.29) is 30.0 Å². The van der Waals surface area contributed by atoms with E-state index in [9.17, 15) is 0 Å². The zero-order valence-corrected chi connectivity index (χ0v) is 15.9. The summed E-state index contributed by atoms with van der Waals surface area (Å²) in [5.74, 6) is 2.05. The second-order valence-electron chi connectivity index (χ2n) is 6.17. The zero-order chi connectivity index (χ0) is 15.4. The van der Waals surface area contributed by atoms with Gasteiger partial charge in [-0.05, 0) is 31.7 Å².